The Morgan fingerprint density at radius 3 is 2.33 bits per heavy atom. The van der Waals surface area contributed by atoms with Gasteiger partial charge in [-0.1, -0.05) is 0 Å². The summed E-state index contributed by atoms with van der Waals surface area (Å²) in [5, 5.41) is 10.3. The molecule has 0 bridgehead atoms. The third-order valence-electron chi connectivity index (χ3n) is 4.71. The minimum atomic E-state index is -3.33. The fourth-order valence-electron chi connectivity index (χ4n) is 3.25. The van der Waals surface area contributed by atoms with Gasteiger partial charge >= 0.3 is 0 Å². The molecule has 2 aromatic carbocycles. The molecule has 0 radical (unpaired) electrons. The predicted molar refractivity (Wildman–Crippen MR) is 111 cm³/mol. The summed E-state index contributed by atoms with van der Waals surface area (Å²) < 4.78 is 56.8. The maximum atomic E-state index is 13.4. The molecule has 1 atom stereocenters. The number of sulfonamides is 1. The number of rotatable bonds is 8. The summed E-state index contributed by atoms with van der Waals surface area (Å²) in [5.41, 5.74) is 1.08. The summed E-state index contributed by atoms with van der Waals surface area (Å²) in [4.78, 5) is 4.07. The number of benzene rings is 2. The zero-order chi connectivity index (χ0) is 21.7. The SMILES string of the molecule is CS(=O)(=O)Nc1ccc(OC[C@H](O)CN2CCN(c3ccc(F)c(F)c3)CC2)cc1. The molecule has 1 saturated heterocycles. The fourth-order valence-corrected chi connectivity index (χ4v) is 3.81. The second kappa shape index (κ2) is 9.59. The molecule has 2 aromatic rings. The van der Waals surface area contributed by atoms with Crippen molar-refractivity contribution in [1.29, 1.82) is 0 Å². The standard InChI is InChI=1S/C20H25F2N3O4S/c1-30(27,28)23-15-2-5-18(6-3-15)29-14-17(26)13-24-8-10-25(11-9-24)16-4-7-19(21)20(22)12-16/h2-7,12,17,23,26H,8-11,13-14H2,1H3/t17-/m1/s1. The van der Waals surface area contributed by atoms with Gasteiger partial charge in [-0.2, -0.15) is 0 Å². The van der Waals surface area contributed by atoms with E-state index in [0.29, 0.717) is 49.8 Å². The summed E-state index contributed by atoms with van der Waals surface area (Å²) in [6.07, 6.45) is 0.375. The van der Waals surface area contributed by atoms with Gasteiger partial charge in [-0.15, -0.1) is 0 Å². The number of ether oxygens (including phenoxy) is 1. The topological polar surface area (TPSA) is 82.1 Å². The van der Waals surface area contributed by atoms with E-state index in [4.69, 9.17) is 4.74 Å². The lowest BCUT2D eigenvalue weighted by Gasteiger charge is -2.36. The first kappa shape index (κ1) is 22.3. The lowest BCUT2D eigenvalue weighted by molar-refractivity contribution is 0.0663. The third-order valence-corrected chi connectivity index (χ3v) is 5.32. The molecule has 30 heavy (non-hydrogen) atoms. The molecule has 0 saturated carbocycles. The highest BCUT2D eigenvalue weighted by atomic mass is 32.2. The van der Waals surface area contributed by atoms with Crippen molar-refractivity contribution in [3.63, 3.8) is 0 Å². The van der Waals surface area contributed by atoms with Crippen molar-refractivity contribution >= 4 is 21.4 Å². The van der Waals surface area contributed by atoms with Gasteiger partial charge in [0, 0.05) is 50.2 Å². The first-order valence-corrected chi connectivity index (χ1v) is 11.4. The second-order valence-corrected chi connectivity index (χ2v) is 9.00. The number of hydrogen-bond acceptors (Lipinski definition) is 6. The predicted octanol–water partition coefficient (Wildman–Crippen LogP) is 1.90. The molecule has 0 spiro atoms. The third kappa shape index (κ3) is 6.54. The van der Waals surface area contributed by atoms with E-state index in [2.05, 4.69) is 9.62 Å². The minimum Gasteiger partial charge on any atom is -0.491 e. The molecule has 3 rings (SSSR count). The Kier molecular flexibility index (Phi) is 7.11. The highest BCUT2D eigenvalue weighted by Gasteiger charge is 2.20. The van der Waals surface area contributed by atoms with Crippen LogP contribution in [0.15, 0.2) is 42.5 Å². The highest BCUT2D eigenvalue weighted by molar-refractivity contribution is 7.92. The van der Waals surface area contributed by atoms with Crippen LogP contribution in [0.3, 0.4) is 0 Å². The normalized spacial score (nSPS) is 16.3. The number of aliphatic hydroxyl groups is 1. The molecular weight excluding hydrogens is 416 g/mol. The van der Waals surface area contributed by atoms with E-state index in [1.807, 2.05) is 4.90 Å². The molecule has 1 aliphatic heterocycles. The van der Waals surface area contributed by atoms with Gasteiger partial charge in [-0.3, -0.25) is 9.62 Å². The van der Waals surface area contributed by atoms with Gasteiger partial charge in [0.25, 0.3) is 0 Å². The number of nitrogens with zero attached hydrogens (tertiary/aromatic N) is 2. The molecule has 10 heteroatoms. The summed E-state index contributed by atoms with van der Waals surface area (Å²) in [7, 11) is -3.33. The number of aliphatic hydroxyl groups excluding tert-OH is 1. The number of piperazine rings is 1. The molecule has 0 unspecified atom stereocenters. The average molecular weight is 442 g/mol. The van der Waals surface area contributed by atoms with Gasteiger partial charge < -0.3 is 14.7 Å². The van der Waals surface area contributed by atoms with Gasteiger partial charge in [0.2, 0.25) is 10.0 Å². The Hall–Kier alpha value is -2.43. The number of nitrogens with one attached hydrogen (secondary N) is 1. The molecule has 7 nitrogen and oxygen atoms in total. The van der Waals surface area contributed by atoms with Gasteiger partial charge in [0.1, 0.15) is 18.5 Å². The van der Waals surface area contributed by atoms with Crippen LogP contribution in [0.25, 0.3) is 0 Å². The van der Waals surface area contributed by atoms with Crippen LogP contribution in [0.4, 0.5) is 20.2 Å². The van der Waals surface area contributed by atoms with E-state index in [-0.39, 0.29) is 6.61 Å². The minimum absolute atomic E-state index is 0.0994. The van der Waals surface area contributed by atoms with Gasteiger partial charge in [0.15, 0.2) is 11.6 Å². The van der Waals surface area contributed by atoms with Crippen molar-refractivity contribution in [2.75, 3.05) is 55.2 Å². The van der Waals surface area contributed by atoms with Crippen LogP contribution in [-0.2, 0) is 10.0 Å². The summed E-state index contributed by atoms with van der Waals surface area (Å²) >= 11 is 0. The van der Waals surface area contributed by atoms with Crippen molar-refractivity contribution in [3.05, 3.63) is 54.1 Å². The van der Waals surface area contributed by atoms with Crippen LogP contribution < -0.4 is 14.4 Å². The van der Waals surface area contributed by atoms with Crippen molar-refractivity contribution in [2.24, 2.45) is 0 Å². The van der Waals surface area contributed by atoms with Crippen LogP contribution in [-0.4, -0.2) is 70.1 Å². The van der Waals surface area contributed by atoms with Crippen molar-refractivity contribution in [2.45, 2.75) is 6.10 Å². The zero-order valence-corrected chi connectivity index (χ0v) is 17.4. The molecule has 1 fully saturated rings. The van der Waals surface area contributed by atoms with Crippen LogP contribution in [0.2, 0.25) is 0 Å². The summed E-state index contributed by atoms with van der Waals surface area (Å²) in [5.74, 6) is -1.19. The molecular formula is C20H25F2N3O4S. The number of anilines is 2. The van der Waals surface area contributed by atoms with Crippen molar-refractivity contribution in [3.8, 4) is 5.75 Å². The molecule has 1 aliphatic rings. The maximum Gasteiger partial charge on any atom is 0.229 e. The molecule has 0 amide bonds. The van der Waals surface area contributed by atoms with Gasteiger partial charge in [0.05, 0.1) is 6.26 Å². The largest absolute Gasteiger partial charge is 0.491 e. The maximum absolute atomic E-state index is 13.4. The highest BCUT2D eigenvalue weighted by Crippen LogP contribution is 2.20. The lowest BCUT2D eigenvalue weighted by atomic mass is 10.2. The quantitative estimate of drug-likeness (QED) is 0.651. The van der Waals surface area contributed by atoms with E-state index >= 15 is 0 Å². The molecule has 2 N–H and O–H groups in total. The molecule has 0 aromatic heterocycles. The first-order valence-electron chi connectivity index (χ1n) is 9.51. The zero-order valence-electron chi connectivity index (χ0n) is 16.6. The number of halogens is 2. The van der Waals surface area contributed by atoms with E-state index in [1.54, 1.807) is 30.3 Å². The van der Waals surface area contributed by atoms with Crippen LogP contribution in [0, 0.1) is 11.6 Å². The summed E-state index contributed by atoms with van der Waals surface area (Å²) in [6.45, 7) is 3.19. The Morgan fingerprint density at radius 1 is 1.07 bits per heavy atom. The van der Waals surface area contributed by atoms with Crippen LogP contribution in [0.1, 0.15) is 0 Å². The van der Waals surface area contributed by atoms with E-state index in [9.17, 15) is 22.3 Å². The number of hydrogen-bond donors (Lipinski definition) is 2. The molecule has 0 aliphatic carbocycles. The van der Waals surface area contributed by atoms with Crippen molar-refractivity contribution < 1.29 is 27.0 Å². The van der Waals surface area contributed by atoms with Crippen LogP contribution in [0.5, 0.6) is 5.75 Å². The Labute approximate surface area is 174 Å². The summed E-state index contributed by atoms with van der Waals surface area (Å²) in [6, 6.07) is 10.3. The van der Waals surface area contributed by atoms with E-state index in [1.165, 1.54) is 6.07 Å². The van der Waals surface area contributed by atoms with Crippen molar-refractivity contribution in [1.82, 2.24) is 4.90 Å². The molecule has 1 heterocycles. The second-order valence-electron chi connectivity index (χ2n) is 7.25. The fraction of sp³-hybridized carbons (Fsp3) is 0.400. The van der Waals surface area contributed by atoms with Gasteiger partial charge in [-0.25, -0.2) is 17.2 Å². The number of β-amino-alcohol motifs (C(OH)–C–C–N with tert-alkyl or cyclic N) is 1. The van der Waals surface area contributed by atoms with Crippen LogP contribution >= 0.6 is 0 Å². The van der Waals surface area contributed by atoms with E-state index in [0.717, 1.165) is 12.3 Å². The Bertz CT molecular complexity index is 949. The lowest BCUT2D eigenvalue weighted by Crippen LogP contribution is -2.49. The average Bonchev–Trinajstić information content (AvgIpc) is 2.69. The first-order chi connectivity index (χ1) is 14.2. The van der Waals surface area contributed by atoms with E-state index < -0.39 is 27.8 Å². The Morgan fingerprint density at radius 2 is 1.73 bits per heavy atom. The Balaban J connectivity index is 1.41. The van der Waals surface area contributed by atoms with Gasteiger partial charge in [-0.05, 0) is 36.4 Å². The molecule has 164 valence electrons. The monoisotopic (exact) mass is 441 g/mol. The smallest absolute Gasteiger partial charge is 0.229 e.